The molecule has 0 rings (SSSR count). The minimum Gasteiger partial charge on any atom is -0.512 e. The third-order valence-electron chi connectivity index (χ3n) is 1.21. The number of hydrogen-bond acceptors (Lipinski definition) is 2. The van der Waals surface area contributed by atoms with Crippen LogP contribution in [0.2, 0.25) is 0 Å². The first kappa shape index (κ1) is 9.03. The van der Waals surface area contributed by atoms with E-state index in [0.29, 0.717) is 12.3 Å². The van der Waals surface area contributed by atoms with Crippen molar-refractivity contribution >= 4 is 0 Å². The largest absolute Gasteiger partial charge is 0.512 e. The van der Waals surface area contributed by atoms with Gasteiger partial charge in [-0.15, -0.1) is 0 Å². The highest BCUT2D eigenvalue weighted by molar-refractivity contribution is 5.06. The van der Waals surface area contributed by atoms with E-state index >= 15 is 0 Å². The summed E-state index contributed by atoms with van der Waals surface area (Å²) < 4.78 is 0. The van der Waals surface area contributed by atoms with Gasteiger partial charge in [0, 0.05) is 6.42 Å². The van der Waals surface area contributed by atoms with Crippen LogP contribution in [-0.2, 0) is 0 Å². The molecule has 1 N–H and O–H groups in total. The van der Waals surface area contributed by atoms with E-state index in [4.69, 9.17) is 10.4 Å². The molecule has 0 heterocycles. The number of aliphatic hydroxyl groups is 1. The molecule has 0 aromatic rings. The van der Waals surface area contributed by atoms with Crippen molar-refractivity contribution in [3.63, 3.8) is 0 Å². The van der Waals surface area contributed by atoms with Crippen molar-refractivity contribution in [2.24, 2.45) is 5.92 Å². The number of hydrogen-bond donors (Lipinski definition) is 1. The zero-order valence-corrected chi connectivity index (χ0v) is 6.46. The summed E-state index contributed by atoms with van der Waals surface area (Å²) in [6, 6.07) is 1.78. The molecule has 0 spiro atoms. The molecule has 0 radical (unpaired) electrons. The molecule has 0 fully saturated rings. The molecule has 0 aromatic carbocycles. The maximum atomic E-state index is 8.94. The van der Waals surface area contributed by atoms with Crippen molar-refractivity contribution in [1.82, 2.24) is 0 Å². The van der Waals surface area contributed by atoms with Gasteiger partial charge in [0.15, 0.2) is 0 Å². The lowest BCUT2D eigenvalue weighted by molar-refractivity contribution is 0.372. The van der Waals surface area contributed by atoms with Crippen LogP contribution >= 0.6 is 0 Å². The first-order chi connectivity index (χ1) is 4.66. The summed E-state index contributed by atoms with van der Waals surface area (Å²) in [5.41, 5.74) is 0. The summed E-state index contributed by atoms with van der Waals surface area (Å²) in [5.74, 6) is 0.769. The summed E-state index contributed by atoms with van der Waals surface area (Å²) in [6.07, 6.45) is 2.73. The van der Waals surface area contributed by atoms with Crippen LogP contribution in [0.1, 0.15) is 26.7 Å². The molecule has 0 atom stereocenters. The fourth-order valence-electron chi connectivity index (χ4n) is 0.583. The molecule has 0 aliphatic carbocycles. The lowest BCUT2D eigenvalue weighted by Gasteiger charge is -2.01. The van der Waals surface area contributed by atoms with Gasteiger partial charge < -0.3 is 5.11 Å². The van der Waals surface area contributed by atoms with Gasteiger partial charge in [0.25, 0.3) is 0 Å². The molecule has 56 valence electrons. The topological polar surface area (TPSA) is 44.0 Å². The SMILES string of the molecule is CC(C)CC/C(O)=C/C#N. The van der Waals surface area contributed by atoms with Crippen molar-refractivity contribution in [2.75, 3.05) is 0 Å². The van der Waals surface area contributed by atoms with Crippen LogP contribution in [0, 0.1) is 17.2 Å². The van der Waals surface area contributed by atoms with Crippen LogP contribution in [0.25, 0.3) is 0 Å². The first-order valence-electron chi connectivity index (χ1n) is 3.44. The highest BCUT2D eigenvalue weighted by Crippen LogP contribution is 2.08. The molecule has 0 bridgehead atoms. The Bertz CT molecular complexity index is 153. The first-order valence-corrected chi connectivity index (χ1v) is 3.44. The maximum absolute atomic E-state index is 8.94. The average molecular weight is 139 g/mol. The van der Waals surface area contributed by atoms with Crippen molar-refractivity contribution in [1.29, 1.82) is 5.26 Å². The van der Waals surface area contributed by atoms with Gasteiger partial charge in [0.1, 0.15) is 5.76 Å². The monoisotopic (exact) mass is 139 g/mol. The standard InChI is InChI=1S/C8H13NO/c1-7(2)3-4-8(10)5-6-9/h5,7,10H,3-4H2,1-2H3/b8-5-. The maximum Gasteiger partial charge on any atom is 0.103 e. The zero-order chi connectivity index (χ0) is 7.98. The van der Waals surface area contributed by atoms with Crippen LogP contribution in [0.5, 0.6) is 0 Å². The molecular weight excluding hydrogens is 126 g/mol. The number of nitrogens with zero attached hydrogens (tertiary/aromatic N) is 1. The van der Waals surface area contributed by atoms with Gasteiger partial charge in [-0.05, 0) is 12.3 Å². The molecule has 2 heteroatoms. The highest BCUT2D eigenvalue weighted by Gasteiger charge is 1.96. The van der Waals surface area contributed by atoms with Gasteiger partial charge in [-0.2, -0.15) is 5.26 Å². The molecule has 2 nitrogen and oxygen atoms in total. The Balaban J connectivity index is 3.51. The van der Waals surface area contributed by atoms with Gasteiger partial charge in [0.05, 0.1) is 12.1 Å². The average Bonchev–Trinajstić information content (AvgIpc) is 1.85. The van der Waals surface area contributed by atoms with Crippen LogP contribution in [0.3, 0.4) is 0 Å². The Morgan fingerprint density at radius 3 is 2.70 bits per heavy atom. The van der Waals surface area contributed by atoms with E-state index < -0.39 is 0 Å². The van der Waals surface area contributed by atoms with E-state index in [1.165, 1.54) is 6.08 Å². The van der Waals surface area contributed by atoms with E-state index in [9.17, 15) is 0 Å². The number of aliphatic hydroxyl groups excluding tert-OH is 1. The van der Waals surface area contributed by atoms with Gasteiger partial charge in [0.2, 0.25) is 0 Å². The fraction of sp³-hybridized carbons (Fsp3) is 0.625. The molecule has 0 amide bonds. The van der Waals surface area contributed by atoms with Crippen molar-refractivity contribution < 1.29 is 5.11 Å². The zero-order valence-electron chi connectivity index (χ0n) is 6.46. The predicted molar refractivity (Wildman–Crippen MR) is 40.4 cm³/mol. The van der Waals surface area contributed by atoms with E-state index in [-0.39, 0.29) is 5.76 Å². The molecule has 0 aliphatic rings. The molecule has 0 saturated carbocycles. The second-order valence-electron chi connectivity index (χ2n) is 2.70. The second kappa shape index (κ2) is 4.87. The van der Waals surface area contributed by atoms with Gasteiger partial charge in [-0.1, -0.05) is 13.8 Å². The van der Waals surface area contributed by atoms with Gasteiger partial charge in [-0.3, -0.25) is 0 Å². The van der Waals surface area contributed by atoms with Crippen LogP contribution in [0.15, 0.2) is 11.8 Å². The van der Waals surface area contributed by atoms with Crippen molar-refractivity contribution in [2.45, 2.75) is 26.7 Å². The van der Waals surface area contributed by atoms with E-state index in [0.717, 1.165) is 6.42 Å². The van der Waals surface area contributed by atoms with E-state index in [2.05, 4.69) is 13.8 Å². The minimum atomic E-state index is 0.191. The van der Waals surface area contributed by atoms with E-state index in [1.807, 2.05) is 0 Å². The molecule has 0 saturated heterocycles. The lowest BCUT2D eigenvalue weighted by Crippen LogP contribution is -1.88. The summed E-state index contributed by atoms with van der Waals surface area (Å²) >= 11 is 0. The lowest BCUT2D eigenvalue weighted by atomic mass is 10.1. The van der Waals surface area contributed by atoms with Crippen molar-refractivity contribution in [3.05, 3.63) is 11.8 Å². The minimum absolute atomic E-state index is 0.191. The van der Waals surface area contributed by atoms with Crippen LogP contribution in [-0.4, -0.2) is 5.11 Å². The van der Waals surface area contributed by atoms with Crippen molar-refractivity contribution in [3.8, 4) is 6.07 Å². The molecule has 0 unspecified atom stereocenters. The summed E-state index contributed by atoms with van der Waals surface area (Å²) in [6.45, 7) is 4.17. The van der Waals surface area contributed by atoms with Crippen LogP contribution in [0.4, 0.5) is 0 Å². The Kier molecular flexibility index (Phi) is 4.39. The van der Waals surface area contributed by atoms with Gasteiger partial charge in [-0.25, -0.2) is 0 Å². The summed E-state index contributed by atoms with van der Waals surface area (Å²) in [4.78, 5) is 0. The Morgan fingerprint density at radius 1 is 1.70 bits per heavy atom. The third-order valence-corrected chi connectivity index (χ3v) is 1.21. The van der Waals surface area contributed by atoms with E-state index in [1.54, 1.807) is 6.07 Å². The third kappa shape index (κ3) is 5.17. The molecule has 0 aromatic heterocycles. The quantitative estimate of drug-likeness (QED) is 0.482. The molecule has 0 aliphatic heterocycles. The Hall–Kier alpha value is -0.970. The highest BCUT2D eigenvalue weighted by atomic mass is 16.3. The Morgan fingerprint density at radius 2 is 2.30 bits per heavy atom. The molecular formula is C8H13NO. The fourth-order valence-corrected chi connectivity index (χ4v) is 0.583. The molecule has 10 heavy (non-hydrogen) atoms. The predicted octanol–water partition coefficient (Wildman–Crippen LogP) is 2.39. The number of nitriles is 1. The normalized spacial score (nSPS) is 11.6. The summed E-state index contributed by atoms with van der Waals surface area (Å²) in [7, 11) is 0. The number of rotatable bonds is 3. The van der Waals surface area contributed by atoms with Gasteiger partial charge >= 0.3 is 0 Å². The summed E-state index contributed by atoms with van der Waals surface area (Å²) in [5, 5.41) is 17.1. The number of allylic oxidation sites excluding steroid dienone is 2. The smallest absolute Gasteiger partial charge is 0.103 e. The van der Waals surface area contributed by atoms with Crippen LogP contribution < -0.4 is 0 Å². The Labute approximate surface area is 61.8 Å². The second-order valence-corrected chi connectivity index (χ2v) is 2.70.